The molecule has 14 aromatic rings. The van der Waals surface area contributed by atoms with E-state index >= 15 is 0 Å². The van der Waals surface area contributed by atoms with Crippen LogP contribution in [-0.4, -0.2) is 19.5 Å². The Morgan fingerprint density at radius 2 is 0.887 bits per heavy atom. The third kappa shape index (κ3) is 4.92. The van der Waals surface area contributed by atoms with Gasteiger partial charge < -0.3 is 8.98 Å². The first-order valence-electron chi connectivity index (χ1n) is 20.7. The van der Waals surface area contributed by atoms with Crippen LogP contribution < -0.4 is 0 Å². The Kier molecular flexibility index (Phi) is 7.08. The highest BCUT2D eigenvalue weighted by Gasteiger charge is 2.24. The van der Waals surface area contributed by atoms with Crippen LogP contribution in [-0.2, 0) is 0 Å². The van der Waals surface area contributed by atoms with E-state index < -0.39 is 0 Å². The summed E-state index contributed by atoms with van der Waals surface area (Å²) in [5, 5.41) is 11.5. The van der Waals surface area contributed by atoms with Crippen LogP contribution in [0.15, 0.2) is 186 Å². The van der Waals surface area contributed by atoms with Gasteiger partial charge in [-0.25, -0.2) is 15.0 Å². The van der Waals surface area contributed by atoms with Crippen molar-refractivity contribution >= 4 is 118 Å². The van der Waals surface area contributed by atoms with Gasteiger partial charge in [0.2, 0.25) is 0 Å². The number of benzene rings is 9. The number of fused-ring (bicyclic) bond motifs is 13. The van der Waals surface area contributed by atoms with Crippen LogP contribution in [0.25, 0.3) is 135 Å². The molecule has 0 unspecified atom stereocenters. The predicted molar refractivity (Wildman–Crippen MR) is 261 cm³/mol. The number of furan rings is 1. The number of para-hydroxylation sites is 2. The molecule has 7 heteroatoms. The molecule has 0 saturated heterocycles. The molecule has 62 heavy (non-hydrogen) atoms. The molecule has 0 aliphatic rings. The molecular formula is C55H30N4OS2. The molecule has 0 N–H and O–H groups in total. The van der Waals surface area contributed by atoms with Crippen LogP contribution in [0.1, 0.15) is 0 Å². The molecule has 0 spiro atoms. The lowest BCUT2D eigenvalue weighted by Crippen LogP contribution is -2.02. The van der Waals surface area contributed by atoms with Gasteiger partial charge in [-0.05, 0) is 65.4 Å². The van der Waals surface area contributed by atoms with Gasteiger partial charge in [0.25, 0.3) is 0 Å². The fourth-order valence-corrected chi connectivity index (χ4v) is 12.0. The summed E-state index contributed by atoms with van der Waals surface area (Å²) in [6, 6.07) is 64.8. The van der Waals surface area contributed by atoms with Crippen LogP contribution in [0.3, 0.4) is 0 Å². The zero-order valence-electron chi connectivity index (χ0n) is 32.8. The van der Waals surface area contributed by atoms with E-state index in [1.54, 1.807) is 22.7 Å². The highest BCUT2D eigenvalue weighted by Crippen LogP contribution is 2.45. The summed E-state index contributed by atoms with van der Waals surface area (Å²) in [7, 11) is 0. The topological polar surface area (TPSA) is 56.7 Å². The second-order valence-electron chi connectivity index (χ2n) is 15.9. The summed E-state index contributed by atoms with van der Waals surface area (Å²) in [5.41, 5.74) is 7.62. The van der Waals surface area contributed by atoms with E-state index in [1.807, 2.05) is 12.1 Å². The molecule has 288 valence electrons. The van der Waals surface area contributed by atoms with Crippen molar-refractivity contribution in [2.45, 2.75) is 0 Å². The molecule has 9 aromatic carbocycles. The maximum Gasteiger partial charge on any atom is 0.164 e. The standard InChI is InChI=1S/C55H30N4OS2/c1-2-14-32-28-43-40(27-31(32)13-1)34-15-3-7-21-42(34)59(43)33-29-41(50-35-16-4-8-22-44(35)60-45(50)30-33)55-57-53(38-19-11-25-48-51(38)36-17-5-9-23-46(36)61-48)56-54(58-55)39-20-12-26-49-52(39)37-18-6-10-24-47(37)62-49/h1-30H. The van der Waals surface area contributed by atoms with E-state index in [-0.39, 0.29) is 0 Å². The number of thiophene rings is 2. The van der Waals surface area contributed by atoms with E-state index in [1.165, 1.54) is 51.1 Å². The van der Waals surface area contributed by atoms with Gasteiger partial charge in [0.05, 0.1) is 16.7 Å². The van der Waals surface area contributed by atoms with Crippen molar-refractivity contribution in [1.29, 1.82) is 0 Å². The molecule has 0 aliphatic carbocycles. The number of hydrogen-bond acceptors (Lipinski definition) is 6. The van der Waals surface area contributed by atoms with Crippen molar-refractivity contribution in [3.05, 3.63) is 182 Å². The average molecular weight is 827 g/mol. The van der Waals surface area contributed by atoms with E-state index in [9.17, 15) is 0 Å². The van der Waals surface area contributed by atoms with Crippen LogP contribution in [0.2, 0.25) is 0 Å². The van der Waals surface area contributed by atoms with Gasteiger partial charge in [0, 0.05) is 84.6 Å². The normalized spacial score (nSPS) is 12.2. The molecule has 0 bridgehead atoms. The van der Waals surface area contributed by atoms with Crippen molar-refractivity contribution in [2.24, 2.45) is 0 Å². The second kappa shape index (κ2) is 12.9. The van der Waals surface area contributed by atoms with Gasteiger partial charge in [0.1, 0.15) is 11.2 Å². The van der Waals surface area contributed by atoms with Crippen molar-refractivity contribution in [3.8, 4) is 39.9 Å². The predicted octanol–water partition coefficient (Wildman–Crippen LogP) is 15.8. The minimum atomic E-state index is 0.586. The molecule has 0 aliphatic heterocycles. The summed E-state index contributed by atoms with van der Waals surface area (Å²) in [6.45, 7) is 0. The zero-order valence-corrected chi connectivity index (χ0v) is 34.5. The van der Waals surface area contributed by atoms with Crippen LogP contribution in [0, 0.1) is 0 Å². The summed E-state index contributed by atoms with van der Waals surface area (Å²) in [5.74, 6) is 1.85. The molecule has 5 nitrogen and oxygen atoms in total. The maximum absolute atomic E-state index is 6.79. The lowest BCUT2D eigenvalue weighted by Gasteiger charge is -2.14. The number of nitrogens with zero attached hydrogens (tertiary/aromatic N) is 4. The largest absolute Gasteiger partial charge is 0.456 e. The third-order valence-corrected chi connectivity index (χ3v) is 14.7. The number of aromatic nitrogens is 4. The van der Waals surface area contributed by atoms with Crippen molar-refractivity contribution < 1.29 is 4.42 Å². The molecule has 0 radical (unpaired) electrons. The van der Waals surface area contributed by atoms with Gasteiger partial charge in [-0.1, -0.05) is 121 Å². The zero-order chi connectivity index (χ0) is 40.5. The molecule has 5 heterocycles. The Bertz CT molecular complexity index is 4060. The molecular weight excluding hydrogens is 797 g/mol. The quantitative estimate of drug-likeness (QED) is 0.177. The molecule has 0 atom stereocenters. The van der Waals surface area contributed by atoms with Crippen molar-refractivity contribution in [1.82, 2.24) is 19.5 Å². The van der Waals surface area contributed by atoms with E-state index in [2.05, 4.69) is 174 Å². The smallest absolute Gasteiger partial charge is 0.164 e. The minimum Gasteiger partial charge on any atom is -0.456 e. The van der Waals surface area contributed by atoms with Crippen LogP contribution >= 0.6 is 22.7 Å². The first-order valence-corrected chi connectivity index (χ1v) is 22.3. The second-order valence-corrected chi connectivity index (χ2v) is 18.1. The fourth-order valence-electron chi connectivity index (χ4n) is 9.74. The Labute approximate surface area is 361 Å². The van der Waals surface area contributed by atoms with E-state index in [0.29, 0.717) is 17.5 Å². The monoisotopic (exact) mass is 826 g/mol. The summed E-state index contributed by atoms with van der Waals surface area (Å²) in [6.07, 6.45) is 0. The van der Waals surface area contributed by atoms with Gasteiger partial charge in [-0.2, -0.15) is 0 Å². The fraction of sp³-hybridized carbons (Fsp3) is 0. The lowest BCUT2D eigenvalue weighted by atomic mass is 10.0. The molecule has 0 saturated carbocycles. The molecule has 14 rings (SSSR count). The van der Waals surface area contributed by atoms with Crippen LogP contribution in [0.5, 0.6) is 0 Å². The number of hydrogen-bond donors (Lipinski definition) is 0. The Balaban J connectivity index is 1.12. The van der Waals surface area contributed by atoms with E-state index in [0.717, 1.165) is 66.1 Å². The van der Waals surface area contributed by atoms with Crippen LogP contribution in [0.4, 0.5) is 0 Å². The first kappa shape index (κ1) is 34.0. The maximum atomic E-state index is 6.79. The average Bonchev–Trinajstić information content (AvgIpc) is 4.09. The number of rotatable bonds is 4. The van der Waals surface area contributed by atoms with Crippen molar-refractivity contribution in [2.75, 3.05) is 0 Å². The Morgan fingerprint density at radius 3 is 1.56 bits per heavy atom. The lowest BCUT2D eigenvalue weighted by molar-refractivity contribution is 0.668. The minimum absolute atomic E-state index is 0.586. The van der Waals surface area contributed by atoms with Gasteiger partial charge >= 0.3 is 0 Å². The van der Waals surface area contributed by atoms with Gasteiger partial charge in [-0.15, -0.1) is 22.7 Å². The summed E-state index contributed by atoms with van der Waals surface area (Å²) < 4.78 is 14.0. The highest BCUT2D eigenvalue weighted by molar-refractivity contribution is 7.26. The van der Waals surface area contributed by atoms with Gasteiger partial charge in [0.15, 0.2) is 17.5 Å². The first-order chi connectivity index (χ1) is 30.7. The summed E-state index contributed by atoms with van der Waals surface area (Å²) in [4.78, 5) is 16.5. The molecule has 0 amide bonds. The highest BCUT2D eigenvalue weighted by atomic mass is 32.1. The SMILES string of the molecule is c1ccc2cc3c(cc2c1)c1ccccc1n3-c1cc(-c2nc(-c3cccc4sc5ccccc5c34)nc(-c3cccc4sc5ccccc5c34)n2)c2c(c1)oc1ccccc12. The Morgan fingerprint density at radius 1 is 0.355 bits per heavy atom. The molecule has 0 fully saturated rings. The van der Waals surface area contributed by atoms with Gasteiger partial charge in [-0.3, -0.25) is 0 Å². The Hall–Kier alpha value is -7.71. The van der Waals surface area contributed by atoms with Crippen molar-refractivity contribution in [3.63, 3.8) is 0 Å². The summed E-state index contributed by atoms with van der Waals surface area (Å²) >= 11 is 3.60. The molecule has 5 aromatic heterocycles. The third-order valence-electron chi connectivity index (χ3n) is 12.4. The van der Waals surface area contributed by atoms with E-state index in [4.69, 9.17) is 19.4 Å².